The van der Waals surface area contributed by atoms with E-state index in [1.807, 2.05) is 18.4 Å². The van der Waals surface area contributed by atoms with Crippen molar-refractivity contribution >= 4 is 40.3 Å². The molecular weight excluding hydrogens is 454 g/mol. The molecule has 10 heteroatoms. The summed E-state index contributed by atoms with van der Waals surface area (Å²) in [6, 6.07) is 12.5. The molecule has 4 aromatic rings. The Morgan fingerprint density at radius 3 is 2.79 bits per heavy atom. The largest absolute Gasteiger partial charge is 0.438 e. The monoisotopic (exact) mass is 477 g/mol. The summed E-state index contributed by atoms with van der Waals surface area (Å²) in [4.78, 5) is 30.0. The van der Waals surface area contributed by atoms with E-state index >= 15 is 0 Å². The van der Waals surface area contributed by atoms with Gasteiger partial charge < -0.3 is 20.1 Å². The first kappa shape index (κ1) is 22.1. The molecule has 1 saturated heterocycles. The van der Waals surface area contributed by atoms with Crippen molar-refractivity contribution < 1.29 is 19.1 Å². The third-order valence-corrected chi connectivity index (χ3v) is 6.54. The number of imidazole rings is 1. The maximum Gasteiger partial charge on any atom is 0.265 e. The SMILES string of the molecule is Cc1ccsc1C(=O)Nc1cccc(Oc2ccc3nc(NC(=O)C4CCOCC4)cn3n2)c1. The van der Waals surface area contributed by atoms with E-state index in [0.717, 1.165) is 5.56 Å². The summed E-state index contributed by atoms with van der Waals surface area (Å²) in [6.07, 6.45) is 3.07. The minimum atomic E-state index is -0.155. The molecule has 0 radical (unpaired) electrons. The second kappa shape index (κ2) is 9.62. The molecule has 0 unspecified atom stereocenters. The maximum absolute atomic E-state index is 12.5. The molecule has 3 aromatic heterocycles. The van der Waals surface area contributed by atoms with Crippen LogP contribution in [-0.2, 0) is 9.53 Å². The summed E-state index contributed by atoms with van der Waals surface area (Å²) in [6.45, 7) is 3.11. The zero-order valence-electron chi connectivity index (χ0n) is 18.5. The molecule has 9 nitrogen and oxygen atoms in total. The second-order valence-corrected chi connectivity index (χ2v) is 8.91. The highest BCUT2D eigenvalue weighted by Gasteiger charge is 2.22. The Balaban J connectivity index is 1.26. The van der Waals surface area contributed by atoms with E-state index in [2.05, 4.69) is 20.7 Å². The number of ether oxygens (including phenoxy) is 2. The van der Waals surface area contributed by atoms with E-state index in [9.17, 15) is 9.59 Å². The molecule has 0 aliphatic carbocycles. The van der Waals surface area contributed by atoms with Gasteiger partial charge in [0.05, 0.1) is 11.1 Å². The molecule has 2 N–H and O–H groups in total. The number of carbonyl (C=O) groups is 2. The van der Waals surface area contributed by atoms with Gasteiger partial charge in [0.1, 0.15) is 5.75 Å². The van der Waals surface area contributed by atoms with Gasteiger partial charge in [-0.1, -0.05) is 6.07 Å². The topological polar surface area (TPSA) is 107 Å². The van der Waals surface area contributed by atoms with Gasteiger partial charge >= 0.3 is 0 Å². The van der Waals surface area contributed by atoms with Crippen molar-refractivity contribution in [3.05, 3.63) is 64.5 Å². The summed E-state index contributed by atoms with van der Waals surface area (Å²) in [5, 5.41) is 12.1. The molecule has 1 aliphatic heterocycles. The molecule has 34 heavy (non-hydrogen) atoms. The summed E-state index contributed by atoms with van der Waals surface area (Å²) in [5.74, 6) is 1.04. The Labute approximate surface area is 199 Å². The molecule has 5 rings (SSSR count). The molecule has 4 heterocycles. The van der Waals surface area contributed by atoms with Gasteiger partial charge in [-0.2, -0.15) is 0 Å². The van der Waals surface area contributed by atoms with Gasteiger partial charge in [0.15, 0.2) is 11.5 Å². The van der Waals surface area contributed by atoms with Crippen LogP contribution in [0.15, 0.2) is 54.0 Å². The number of hydrogen-bond acceptors (Lipinski definition) is 7. The van der Waals surface area contributed by atoms with E-state index in [4.69, 9.17) is 9.47 Å². The standard InChI is InChI=1S/C24H23N5O4S/c1-15-9-12-34-22(15)24(31)25-17-3-2-4-18(13-17)33-21-6-5-20-26-19(14-29(20)28-21)27-23(30)16-7-10-32-11-8-16/h2-6,9,12-14,16H,7-8,10-11H2,1H3,(H,25,31)(H,27,30). The van der Waals surface area contributed by atoms with Crippen molar-refractivity contribution in [2.45, 2.75) is 19.8 Å². The Morgan fingerprint density at radius 1 is 1.15 bits per heavy atom. The van der Waals surface area contributed by atoms with Gasteiger partial charge in [-0.3, -0.25) is 9.59 Å². The van der Waals surface area contributed by atoms with Crippen LogP contribution in [0.3, 0.4) is 0 Å². The van der Waals surface area contributed by atoms with Crippen LogP contribution in [0.2, 0.25) is 0 Å². The second-order valence-electron chi connectivity index (χ2n) is 7.99. The van der Waals surface area contributed by atoms with Crippen LogP contribution in [-0.4, -0.2) is 39.6 Å². The highest BCUT2D eigenvalue weighted by atomic mass is 32.1. The number of rotatable bonds is 6. The lowest BCUT2D eigenvalue weighted by molar-refractivity contribution is -0.122. The van der Waals surface area contributed by atoms with Crippen LogP contribution < -0.4 is 15.4 Å². The van der Waals surface area contributed by atoms with E-state index in [1.54, 1.807) is 47.1 Å². The predicted octanol–water partition coefficient (Wildman–Crippen LogP) is 4.51. The van der Waals surface area contributed by atoms with Gasteiger partial charge in [0.25, 0.3) is 5.91 Å². The summed E-state index contributed by atoms with van der Waals surface area (Å²) < 4.78 is 12.8. The zero-order valence-corrected chi connectivity index (χ0v) is 19.3. The van der Waals surface area contributed by atoms with Gasteiger partial charge in [-0.15, -0.1) is 16.4 Å². The van der Waals surface area contributed by atoms with E-state index in [-0.39, 0.29) is 17.7 Å². The van der Waals surface area contributed by atoms with Crippen LogP contribution >= 0.6 is 11.3 Å². The first-order valence-electron chi connectivity index (χ1n) is 10.9. The highest BCUT2D eigenvalue weighted by molar-refractivity contribution is 7.12. The fraction of sp³-hybridized carbons (Fsp3) is 0.250. The number of nitrogens with zero attached hydrogens (tertiary/aromatic N) is 3. The Kier molecular flexibility index (Phi) is 6.24. The third-order valence-electron chi connectivity index (χ3n) is 5.52. The van der Waals surface area contributed by atoms with Crippen molar-refractivity contribution in [1.82, 2.24) is 14.6 Å². The molecule has 0 saturated carbocycles. The number of hydrogen-bond donors (Lipinski definition) is 2. The average molecular weight is 478 g/mol. The van der Waals surface area contributed by atoms with Gasteiger partial charge in [0.2, 0.25) is 11.8 Å². The minimum Gasteiger partial charge on any atom is -0.438 e. The first-order valence-corrected chi connectivity index (χ1v) is 11.8. The molecule has 0 bridgehead atoms. The fourth-order valence-corrected chi connectivity index (χ4v) is 4.54. The molecule has 1 fully saturated rings. The van der Waals surface area contributed by atoms with Gasteiger partial charge in [-0.05, 0) is 55.0 Å². The molecule has 0 atom stereocenters. The average Bonchev–Trinajstić information content (AvgIpc) is 3.45. The number of anilines is 2. The molecule has 174 valence electrons. The van der Waals surface area contributed by atoms with Crippen molar-refractivity contribution in [2.24, 2.45) is 5.92 Å². The van der Waals surface area contributed by atoms with E-state index in [0.29, 0.717) is 59.7 Å². The van der Waals surface area contributed by atoms with Crippen molar-refractivity contribution in [2.75, 3.05) is 23.8 Å². The van der Waals surface area contributed by atoms with Crippen molar-refractivity contribution in [3.63, 3.8) is 0 Å². The number of amides is 2. The smallest absolute Gasteiger partial charge is 0.265 e. The zero-order chi connectivity index (χ0) is 23.5. The summed E-state index contributed by atoms with van der Waals surface area (Å²) in [5.41, 5.74) is 2.15. The molecular formula is C24H23N5O4S. The van der Waals surface area contributed by atoms with Crippen molar-refractivity contribution in [1.29, 1.82) is 0 Å². The summed E-state index contributed by atoms with van der Waals surface area (Å²) in [7, 11) is 0. The number of benzene rings is 1. The minimum absolute atomic E-state index is 0.0558. The molecule has 0 spiro atoms. The first-order chi connectivity index (χ1) is 16.5. The normalized spacial score (nSPS) is 14.1. The van der Waals surface area contributed by atoms with Gasteiger partial charge in [0, 0.05) is 37.0 Å². The quantitative estimate of drug-likeness (QED) is 0.423. The van der Waals surface area contributed by atoms with E-state index < -0.39 is 0 Å². The predicted molar refractivity (Wildman–Crippen MR) is 129 cm³/mol. The van der Waals surface area contributed by atoms with Crippen LogP contribution in [0, 0.1) is 12.8 Å². The Hall–Kier alpha value is -3.76. The maximum atomic E-state index is 12.5. The number of aromatic nitrogens is 3. The highest BCUT2D eigenvalue weighted by Crippen LogP contribution is 2.25. The number of thiophene rings is 1. The third kappa shape index (κ3) is 4.92. The number of carbonyl (C=O) groups excluding carboxylic acids is 2. The van der Waals surface area contributed by atoms with Crippen LogP contribution in [0.5, 0.6) is 11.6 Å². The number of aryl methyl sites for hydroxylation is 1. The van der Waals surface area contributed by atoms with Crippen LogP contribution in [0.4, 0.5) is 11.5 Å². The number of fused-ring (bicyclic) bond motifs is 1. The van der Waals surface area contributed by atoms with Crippen LogP contribution in [0.25, 0.3) is 5.65 Å². The molecule has 1 aromatic carbocycles. The van der Waals surface area contributed by atoms with Crippen molar-refractivity contribution in [3.8, 4) is 11.6 Å². The number of nitrogens with one attached hydrogen (secondary N) is 2. The van der Waals surface area contributed by atoms with E-state index in [1.165, 1.54) is 11.3 Å². The summed E-state index contributed by atoms with van der Waals surface area (Å²) >= 11 is 1.40. The Bertz CT molecular complexity index is 1340. The lowest BCUT2D eigenvalue weighted by atomic mass is 10.00. The fourth-order valence-electron chi connectivity index (χ4n) is 3.72. The lowest BCUT2D eigenvalue weighted by Crippen LogP contribution is -2.28. The van der Waals surface area contributed by atoms with Crippen LogP contribution in [0.1, 0.15) is 28.1 Å². The molecule has 1 aliphatic rings. The lowest BCUT2D eigenvalue weighted by Gasteiger charge is -2.20. The molecule has 2 amide bonds. The van der Waals surface area contributed by atoms with Gasteiger partial charge in [-0.25, -0.2) is 9.50 Å². The Morgan fingerprint density at radius 2 is 2.00 bits per heavy atom.